The van der Waals surface area contributed by atoms with E-state index >= 15 is 0 Å². The fourth-order valence-electron chi connectivity index (χ4n) is 8.50. The summed E-state index contributed by atoms with van der Waals surface area (Å²) in [7, 11) is 18.4. The second-order valence-electron chi connectivity index (χ2n) is 17.9. The lowest BCUT2D eigenvalue weighted by Crippen LogP contribution is -2.32. The Morgan fingerprint density at radius 2 is 0.986 bits per heavy atom. The van der Waals surface area contributed by atoms with E-state index in [-0.39, 0.29) is 41.0 Å². The van der Waals surface area contributed by atoms with Gasteiger partial charge >= 0.3 is 5.97 Å². The maximum atomic E-state index is 12.7. The van der Waals surface area contributed by atoms with Gasteiger partial charge < -0.3 is 54.3 Å². The van der Waals surface area contributed by atoms with Crippen LogP contribution < -0.4 is 50.9 Å². The van der Waals surface area contributed by atoms with Crippen molar-refractivity contribution in [2.24, 2.45) is 5.73 Å². The average molecular weight is 1000 g/mol. The van der Waals surface area contributed by atoms with Gasteiger partial charge in [0.25, 0.3) is 17.7 Å². The molecular formula is C56H55N7O11. The number of carboxylic acid groups (broad SMARTS) is 2. The third-order valence-electron chi connectivity index (χ3n) is 12.4. The van der Waals surface area contributed by atoms with Crippen molar-refractivity contribution in [3.63, 3.8) is 0 Å². The van der Waals surface area contributed by atoms with E-state index in [1.54, 1.807) is 12.1 Å². The fraction of sp³-hybridized carbons (Fsp3) is 0.214. The number of carbonyl (C=O) groups excluding carboxylic acids is 6. The Kier molecular flexibility index (Phi) is 15.4. The first-order valence-corrected chi connectivity index (χ1v) is 23.2. The number of amides is 3. The molecule has 0 atom stereocenters. The summed E-state index contributed by atoms with van der Waals surface area (Å²) in [6.07, 6.45) is -0.112. The minimum atomic E-state index is -1.51. The third-order valence-corrected chi connectivity index (χ3v) is 12.4. The van der Waals surface area contributed by atoms with E-state index in [1.165, 1.54) is 32.3 Å². The number of nitrogens with zero attached hydrogens (tertiary/aromatic N) is 5. The topological polar surface area (TPSA) is 238 Å². The zero-order chi connectivity index (χ0) is 53.9. The highest BCUT2D eigenvalue weighted by Gasteiger charge is 2.33. The average Bonchev–Trinajstić information content (AvgIpc) is 3.71. The van der Waals surface area contributed by atoms with Gasteiger partial charge in [-0.25, -0.2) is 13.9 Å². The third kappa shape index (κ3) is 10.4. The van der Waals surface area contributed by atoms with Gasteiger partial charge in [0.15, 0.2) is 0 Å². The number of hydroxylamine groups is 2. The largest absolute Gasteiger partial charge is 0.545 e. The maximum Gasteiger partial charge on any atom is 0.363 e. The van der Waals surface area contributed by atoms with E-state index < -0.39 is 29.7 Å². The van der Waals surface area contributed by atoms with Crippen LogP contribution in [0.4, 0.5) is 11.4 Å². The summed E-state index contributed by atoms with van der Waals surface area (Å²) in [5.41, 5.74) is 10.8. The van der Waals surface area contributed by atoms with Crippen molar-refractivity contribution in [2.75, 3.05) is 80.3 Å². The van der Waals surface area contributed by atoms with Gasteiger partial charge in [-0.15, -0.1) is 5.06 Å². The molecule has 3 aliphatic heterocycles. The van der Waals surface area contributed by atoms with E-state index in [9.17, 15) is 39.0 Å². The molecule has 1 fully saturated rings. The normalized spacial score (nSPS) is 12.0. The molecule has 0 unspecified atom stereocenters. The van der Waals surface area contributed by atoms with Crippen molar-refractivity contribution in [2.45, 2.75) is 12.8 Å². The quantitative estimate of drug-likeness (QED) is 0.120. The zero-order valence-corrected chi connectivity index (χ0v) is 42.6. The van der Waals surface area contributed by atoms with Crippen LogP contribution in [0.15, 0.2) is 118 Å². The molecule has 4 aromatic rings. The van der Waals surface area contributed by atoms with Gasteiger partial charge in [0.1, 0.15) is 50.9 Å². The minimum Gasteiger partial charge on any atom is -0.545 e. The Bertz CT molecular complexity index is 3640. The summed E-state index contributed by atoms with van der Waals surface area (Å²) in [4.78, 5) is 81.9. The monoisotopic (exact) mass is 1000 g/mol. The van der Waals surface area contributed by atoms with E-state index in [4.69, 9.17) is 13.7 Å². The second kappa shape index (κ2) is 21.7. The van der Waals surface area contributed by atoms with Crippen molar-refractivity contribution < 1.29 is 52.7 Å². The first kappa shape index (κ1) is 52.7. The first-order chi connectivity index (χ1) is 35.3. The molecule has 0 spiro atoms. The molecule has 0 bridgehead atoms. The molecule has 9 rings (SSSR count). The van der Waals surface area contributed by atoms with Crippen molar-refractivity contribution in [1.82, 2.24) is 19.5 Å². The van der Waals surface area contributed by atoms with Crippen molar-refractivity contribution in [3.05, 3.63) is 142 Å². The lowest BCUT2D eigenvalue weighted by Gasteiger charge is -2.20. The molecule has 5 aliphatic rings. The lowest BCUT2D eigenvalue weighted by molar-refractivity contribution is -0.256. The van der Waals surface area contributed by atoms with Crippen molar-refractivity contribution in [1.29, 1.82) is 0 Å². The highest BCUT2D eigenvalue weighted by atomic mass is 16.7. The van der Waals surface area contributed by atoms with Gasteiger partial charge in [-0.1, -0.05) is 12.1 Å². The van der Waals surface area contributed by atoms with Crippen LogP contribution in [0.1, 0.15) is 54.3 Å². The number of nitrogens with one attached hydrogen (secondary N) is 1. The number of hydrogen-bond acceptors (Lipinski definition) is 14. The molecule has 0 aromatic heterocycles. The molecule has 3 amide bonds. The highest BCUT2D eigenvalue weighted by Crippen LogP contribution is 2.44. The highest BCUT2D eigenvalue weighted by molar-refractivity contribution is 6.11. The second-order valence-corrected chi connectivity index (χ2v) is 17.9. The molecule has 0 radical (unpaired) electrons. The van der Waals surface area contributed by atoms with Gasteiger partial charge in [-0.3, -0.25) is 14.4 Å². The summed E-state index contributed by atoms with van der Waals surface area (Å²) in [5, 5.41) is 30.7. The Hall–Kier alpha value is -9.16. The van der Waals surface area contributed by atoms with Gasteiger partial charge in [0, 0.05) is 133 Å². The van der Waals surface area contributed by atoms with Crippen LogP contribution in [0, 0.1) is 0 Å². The summed E-state index contributed by atoms with van der Waals surface area (Å²) in [6.45, 7) is 0. The Balaban J connectivity index is 0.000000212. The molecule has 3 heterocycles. The SMILES string of the molecule is CN.CN(C)c1ccc2c(-c3ccc(C(=O)ON4C(=O)CCC4=O)cc3C(=O)[O-])c3ccc(=[N+](C)C)cc-3oc2c1.CNC(=O)c1ccc(-c2c3ccc(=[N+](C)C)cc-3oc3cc(N(C)C)ccc23)c(C(=O)[O-])c1. The number of hydrogen-bond donors (Lipinski definition) is 2. The number of benzene rings is 6. The van der Waals surface area contributed by atoms with E-state index in [0.29, 0.717) is 61.0 Å². The Morgan fingerprint density at radius 1 is 0.581 bits per heavy atom. The summed E-state index contributed by atoms with van der Waals surface area (Å²) < 4.78 is 16.5. The number of imide groups is 1. The number of anilines is 2. The predicted molar refractivity (Wildman–Crippen MR) is 278 cm³/mol. The van der Waals surface area contributed by atoms with E-state index in [0.717, 1.165) is 39.1 Å². The number of carboxylic acids is 2. The molecular weight excluding hydrogens is 947 g/mol. The van der Waals surface area contributed by atoms with E-state index in [1.807, 2.05) is 148 Å². The number of rotatable bonds is 9. The van der Waals surface area contributed by atoms with Crippen LogP contribution in [-0.2, 0) is 14.4 Å². The molecule has 0 saturated carbocycles. The van der Waals surface area contributed by atoms with Crippen LogP contribution in [-0.4, -0.2) is 111 Å². The zero-order valence-electron chi connectivity index (χ0n) is 42.6. The summed E-state index contributed by atoms with van der Waals surface area (Å²) in [5.74, 6) is -4.37. The van der Waals surface area contributed by atoms with Crippen LogP contribution in [0.3, 0.4) is 0 Å². The maximum absolute atomic E-state index is 12.7. The van der Waals surface area contributed by atoms with Crippen LogP contribution in [0.25, 0.3) is 66.8 Å². The predicted octanol–water partition coefficient (Wildman–Crippen LogP) is 3.49. The molecule has 2 aliphatic carbocycles. The first-order valence-electron chi connectivity index (χ1n) is 23.2. The molecule has 1 saturated heterocycles. The molecule has 4 aromatic carbocycles. The van der Waals surface area contributed by atoms with Crippen LogP contribution >= 0.6 is 0 Å². The molecule has 380 valence electrons. The van der Waals surface area contributed by atoms with Crippen molar-refractivity contribution in [3.8, 4) is 44.9 Å². The minimum absolute atomic E-state index is 0.0559. The Morgan fingerprint density at radius 3 is 1.38 bits per heavy atom. The molecule has 3 N–H and O–H groups in total. The summed E-state index contributed by atoms with van der Waals surface area (Å²) in [6, 6.07) is 31.5. The number of nitrogens with two attached hydrogens (primary N) is 1. The number of fused-ring (bicyclic) bond motifs is 4. The van der Waals surface area contributed by atoms with Gasteiger partial charge in [0.2, 0.25) is 10.7 Å². The lowest BCUT2D eigenvalue weighted by atomic mass is 9.89. The number of carbonyl (C=O) groups is 6. The fourth-order valence-corrected chi connectivity index (χ4v) is 8.50. The molecule has 74 heavy (non-hydrogen) atoms. The van der Waals surface area contributed by atoms with Gasteiger partial charge in [0.05, 0.1) is 29.6 Å². The molecule has 18 nitrogen and oxygen atoms in total. The standard InChI is InChI=1S/C29H25N3O7.C26H25N3O4.CH5N/c1-30(2)17-6-9-20-23(14-17)38-24-15-18(31(3)4)7-10-21(24)27(20)19-8-5-16(13-22(19)28(35)36)29(37)39-32-25(33)11-12-26(32)34;1-27-25(30)15-6-9-18(21(12-15)26(31)32)24-19-10-7-16(28(2)3)13-22(19)33-23-14-17(29(4)5)8-11-20(23)24;1-2/h5-10,13-15H,11-12H2,1-4H3;6-14H,1-5H3,(H-,27,30,31,32);2H2,1H3. The van der Waals surface area contributed by atoms with Crippen LogP contribution in [0.5, 0.6) is 0 Å². The van der Waals surface area contributed by atoms with E-state index in [2.05, 4.69) is 11.1 Å². The van der Waals surface area contributed by atoms with Crippen LogP contribution in [0.2, 0.25) is 0 Å². The summed E-state index contributed by atoms with van der Waals surface area (Å²) >= 11 is 0. The smallest absolute Gasteiger partial charge is 0.363 e. The van der Waals surface area contributed by atoms with Crippen molar-refractivity contribution >= 4 is 68.9 Å². The van der Waals surface area contributed by atoms with Gasteiger partial charge in [-0.2, -0.15) is 0 Å². The molecule has 18 heteroatoms. The Labute approximate surface area is 425 Å². The van der Waals surface area contributed by atoms with Gasteiger partial charge in [-0.05, 0) is 78.8 Å². The number of aromatic carboxylic acids is 2.